The molecule has 0 aromatic carbocycles. The number of aromatic nitrogens is 4. The fraction of sp³-hybridized carbons (Fsp3) is 0.231. The van der Waals surface area contributed by atoms with Crippen molar-refractivity contribution in [2.45, 2.75) is 13.3 Å². The molecule has 2 heterocycles. The fourth-order valence-corrected chi connectivity index (χ4v) is 1.96. The van der Waals surface area contributed by atoms with E-state index in [0.717, 1.165) is 17.7 Å². The smallest absolute Gasteiger partial charge is 0.234 e. The lowest BCUT2D eigenvalue weighted by molar-refractivity contribution is -0.109. The van der Waals surface area contributed by atoms with E-state index in [1.165, 1.54) is 11.8 Å². The number of rotatable bonds is 5. The van der Waals surface area contributed by atoms with Crippen molar-refractivity contribution in [1.82, 2.24) is 19.5 Å². The van der Waals surface area contributed by atoms with Gasteiger partial charge in [0.25, 0.3) is 0 Å². The van der Waals surface area contributed by atoms with Gasteiger partial charge in [0.15, 0.2) is 5.12 Å². The number of thioether (sulfide) groups is 1. The van der Waals surface area contributed by atoms with E-state index in [1.54, 1.807) is 42.6 Å². The molecule has 0 unspecified atom stereocenters. The first kappa shape index (κ1) is 13.5. The lowest BCUT2D eigenvalue weighted by Gasteiger charge is -1.99. The summed E-state index contributed by atoms with van der Waals surface area (Å²) in [5.74, 6) is 1.40. The first-order valence-electron chi connectivity index (χ1n) is 5.86. The zero-order valence-corrected chi connectivity index (χ0v) is 11.4. The number of nitrogens with zero attached hydrogens (tertiary/aromatic N) is 4. The summed E-state index contributed by atoms with van der Waals surface area (Å²) in [6, 6.07) is 0. The second-order valence-corrected chi connectivity index (χ2v) is 5.09. The minimum absolute atomic E-state index is 0.154. The zero-order chi connectivity index (χ0) is 13.5. The monoisotopic (exact) mass is 274 g/mol. The van der Waals surface area contributed by atoms with Gasteiger partial charge in [-0.3, -0.25) is 9.36 Å². The van der Waals surface area contributed by atoms with E-state index in [-0.39, 0.29) is 5.12 Å². The number of imidazole rings is 1. The molecular weight excluding hydrogens is 260 g/mol. The largest absolute Gasteiger partial charge is 0.288 e. The molecule has 2 rings (SSSR count). The van der Waals surface area contributed by atoms with Crippen LogP contribution in [0.1, 0.15) is 18.9 Å². The zero-order valence-electron chi connectivity index (χ0n) is 10.6. The Morgan fingerprint density at radius 2 is 2.21 bits per heavy atom. The van der Waals surface area contributed by atoms with E-state index in [0.29, 0.717) is 5.95 Å². The van der Waals surface area contributed by atoms with Gasteiger partial charge in [-0.25, -0.2) is 15.0 Å². The summed E-state index contributed by atoms with van der Waals surface area (Å²) in [6.45, 7) is 1.58. The highest BCUT2D eigenvalue weighted by atomic mass is 32.2. The third kappa shape index (κ3) is 4.33. The summed E-state index contributed by atoms with van der Waals surface area (Å²) in [5.41, 5.74) is 0.941. The van der Waals surface area contributed by atoms with Crippen LogP contribution in [0, 0.1) is 0 Å². The molecule has 5 nitrogen and oxygen atoms in total. The molecule has 0 N–H and O–H groups in total. The summed E-state index contributed by atoms with van der Waals surface area (Å²) >= 11 is 1.34. The molecule has 0 aliphatic rings. The van der Waals surface area contributed by atoms with Crippen LogP contribution in [0.25, 0.3) is 12.0 Å². The van der Waals surface area contributed by atoms with Crippen molar-refractivity contribution in [2.24, 2.45) is 0 Å². The molecule has 0 saturated carbocycles. The summed E-state index contributed by atoms with van der Waals surface area (Å²) < 4.78 is 1.75. The van der Waals surface area contributed by atoms with Crippen molar-refractivity contribution in [3.05, 3.63) is 42.8 Å². The summed E-state index contributed by atoms with van der Waals surface area (Å²) in [6.07, 6.45) is 13.5. The molecule has 0 atom stereocenters. The molecule has 0 aliphatic carbocycles. The molecule has 19 heavy (non-hydrogen) atoms. The van der Waals surface area contributed by atoms with Crippen LogP contribution in [0.2, 0.25) is 0 Å². The first-order valence-corrected chi connectivity index (χ1v) is 6.84. The molecule has 0 fully saturated rings. The molecule has 0 aliphatic heterocycles. The quantitative estimate of drug-likeness (QED) is 0.783. The maximum Gasteiger partial charge on any atom is 0.234 e. The van der Waals surface area contributed by atoms with Gasteiger partial charge in [-0.05, 0) is 6.42 Å². The predicted octanol–water partition coefficient (Wildman–Crippen LogP) is 2.35. The minimum atomic E-state index is 0.154. The van der Waals surface area contributed by atoms with Gasteiger partial charge in [-0.15, -0.1) is 0 Å². The van der Waals surface area contributed by atoms with Crippen molar-refractivity contribution in [3.8, 4) is 5.95 Å². The molecule has 0 saturated heterocycles. The van der Waals surface area contributed by atoms with E-state index in [2.05, 4.69) is 15.0 Å². The van der Waals surface area contributed by atoms with Gasteiger partial charge in [0, 0.05) is 43.0 Å². The Bertz CT molecular complexity index is 549. The first-order chi connectivity index (χ1) is 9.25. The number of allylic oxidation sites excluding steroid dienone is 1. The lowest BCUT2D eigenvalue weighted by atomic mass is 10.3. The second kappa shape index (κ2) is 6.84. The summed E-state index contributed by atoms with van der Waals surface area (Å²) in [5, 5.41) is 0.154. The van der Waals surface area contributed by atoms with Crippen LogP contribution in [0.3, 0.4) is 0 Å². The Kier molecular flexibility index (Phi) is 4.85. The molecular formula is C13H14N4OS. The van der Waals surface area contributed by atoms with Gasteiger partial charge in [0.05, 0.1) is 0 Å². The van der Waals surface area contributed by atoms with Crippen molar-refractivity contribution < 1.29 is 4.79 Å². The summed E-state index contributed by atoms with van der Waals surface area (Å²) in [7, 11) is 0. The highest BCUT2D eigenvalue weighted by Gasteiger charge is 1.97. The normalized spacial score (nSPS) is 11.0. The fourth-order valence-electron chi connectivity index (χ4n) is 1.42. The number of carbonyl (C=O) groups excluding carboxylic acids is 1. The highest BCUT2D eigenvalue weighted by Crippen LogP contribution is 2.06. The van der Waals surface area contributed by atoms with Gasteiger partial charge in [0.2, 0.25) is 5.95 Å². The topological polar surface area (TPSA) is 60.7 Å². The Morgan fingerprint density at radius 1 is 1.42 bits per heavy atom. The van der Waals surface area contributed by atoms with Crippen LogP contribution in [-0.4, -0.2) is 30.4 Å². The number of carbonyl (C=O) groups is 1. The van der Waals surface area contributed by atoms with Gasteiger partial charge in [-0.2, -0.15) is 0 Å². The second-order valence-electron chi connectivity index (χ2n) is 3.82. The van der Waals surface area contributed by atoms with Gasteiger partial charge in [0.1, 0.15) is 6.33 Å². The van der Waals surface area contributed by atoms with Gasteiger partial charge >= 0.3 is 0 Å². The number of hydrogen-bond acceptors (Lipinski definition) is 5. The predicted molar refractivity (Wildman–Crippen MR) is 75.9 cm³/mol. The van der Waals surface area contributed by atoms with Gasteiger partial charge < -0.3 is 0 Å². The molecule has 0 amide bonds. The molecule has 2 aromatic rings. The van der Waals surface area contributed by atoms with Crippen molar-refractivity contribution in [3.63, 3.8) is 0 Å². The lowest BCUT2D eigenvalue weighted by Crippen LogP contribution is -1.97. The van der Waals surface area contributed by atoms with Crippen LogP contribution < -0.4 is 0 Å². The standard InChI is InChI=1S/C13H14N4OS/c1-11(18)19-7-3-2-4-12-8-15-13(16-9-12)17-6-5-14-10-17/h2,4-6,8-10H,3,7H2,1H3. The maximum absolute atomic E-state index is 10.7. The third-order valence-corrected chi connectivity index (χ3v) is 3.14. The maximum atomic E-state index is 10.7. The molecule has 2 aromatic heterocycles. The summed E-state index contributed by atoms with van der Waals surface area (Å²) in [4.78, 5) is 23.2. The van der Waals surface area contributed by atoms with Crippen LogP contribution in [0.4, 0.5) is 0 Å². The Morgan fingerprint density at radius 3 is 2.84 bits per heavy atom. The van der Waals surface area contributed by atoms with Crippen LogP contribution in [0.5, 0.6) is 0 Å². The minimum Gasteiger partial charge on any atom is -0.288 e. The van der Waals surface area contributed by atoms with Crippen LogP contribution in [-0.2, 0) is 4.79 Å². The molecule has 0 radical (unpaired) electrons. The van der Waals surface area contributed by atoms with Gasteiger partial charge in [-0.1, -0.05) is 23.9 Å². The Labute approximate surface area is 115 Å². The van der Waals surface area contributed by atoms with E-state index in [4.69, 9.17) is 0 Å². The van der Waals surface area contributed by atoms with Crippen LogP contribution >= 0.6 is 11.8 Å². The van der Waals surface area contributed by atoms with E-state index < -0.39 is 0 Å². The third-order valence-electron chi connectivity index (χ3n) is 2.29. The van der Waals surface area contributed by atoms with Crippen molar-refractivity contribution in [1.29, 1.82) is 0 Å². The Balaban J connectivity index is 1.88. The van der Waals surface area contributed by atoms with E-state index in [9.17, 15) is 4.79 Å². The molecule has 0 bridgehead atoms. The van der Waals surface area contributed by atoms with Crippen molar-refractivity contribution >= 4 is 23.0 Å². The van der Waals surface area contributed by atoms with E-state index >= 15 is 0 Å². The molecule has 98 valence electrons. The molecule has 0 spiro atoms. The van der Waals surface area contributed by atoms with E-state index in [1.807, 2.05) is 12.2 Å². The average Bonchev–Trinajstić information content (AvgIpc) is 2.93. The highest BCUT2D eigenvalue weighted by molar-refractivity contribution is 8.13. The van der Waals surface area contributed by atoms with Crippen LogP contribution in [0.15, 0.2) is 37.2 Å². The SMILES string of the molecule is CC(=O)SCCC=Cc1cnc(-n2ccnc2)nc1. The van der Waals surface area contributed by atoms with Crippen molar-refractivity contribution in [2.75, 3.05) is 5.75 Å². The number of hydrogen-bond donors (Lipinski definition) is 0. The molecule has 6 heteroatoms. The average molecular weight is 274 g/mol. The Hall–Kier alpha value is -1.95.